The Morgan fingerprint density at radius 2 is 1.82 bits per heavy atom. The predicted molar refractivity (Wildman–Crippen MR) is 122 cm³/mol. The highest BCUT2D eigenvalue weighted by atomic mass is 32.1. The van der Waals surface area contributed by atoms with E-state index in [-0.39, 0.29) is 22.3 Å². The van der Waals surface area contributed by atoms with Crippen molar-refractivity contribution in [1.82, 2.24) is 4.98 Å². The predicted octanol–water partition coefficient (Wildman–Crippen LogP) is 4.77. The number of hydrogen-bond donors (Lipinski definition) is 0. The van der Waals surface area contributed by atoms with Crippen molar-refractivity contribution in [2.24, 2.45) is 0 Å². The number of amides is 1. The number of nitrogens with zero attached hydrogens (tertiary/aromatic N) is 2. The molecule has 1 aliphatic rings. The molecule has 168 valence electrons. The molecule has 7 nitrogen and oxygen atoms in total. The summed E-state index contributed by atoms with van der Waals surface area (Å²) in [5.74, 6) is -0.180. The van der Waals surface area contributed by atoms with Crippen molar-refractivity contribution in [2.75, 3.05) is 19.1 Å². The van der Waals surface area contributed by atoms with Crippen LogP contribution in [0.5, 0.6) is 11.5 Å². The van der Waals surface area contributed by atoms with Gasteiger partial charge in [0.15, 0.2) is 22.1 Å². The van der Waals surface area contributed by atoms with Gasteiger partial charge in [-0.05, 0) is 49.7 Å². The number of hydrogen-bond acceptors (Lipinski definition) is 7. The van der Waals surface area contributed by atoms with Gasteiger partial charge < -0.3 is 13.9 Å². The smallest absolute Gasteiger partial charge is 0.297 e. The van der Waals surface area contributed by atoms with Gasteiger partial charge in [0.05, 0.1) is 36.9 Å². The number of fused-ring (bicyclic) bond motifs is 2. The number of anilines is 1. The number of benzene rings is 2. The number of aromatic nitrogens is 1. The van der Waals surface area contributed by atoms with Gasteiger partial charge in [-0.2, -0.15) is 0 Å². The summed E-state index contributed by atoms with van der Waals surface area (Å²) in [6.07, 6.45) is 0. The number of aryl methyl sites for hydroxylation is 2. The zero-order valence-corrected chi connectivity index (χ0v) is 19.1. The lowest BCUT2D eigenvalue weighted by molar-refractivity contribution is 0.0971. The highest BCUT2D eigenvalue weighted by Gasteiger charge is 2.45. The Hall–Kier alpha value is -3.72. The molecule has 1 aliphatic heterocycles. The lowest BCUT2D eigenvalue weighted by Crippen LogP contribution is -2.29. The van der Waals surface area contributed by atoms with Crippen LogP contribution < -0.4 is 19.8 Å². The number of ether oxygens (including phenoxy) is 2. The molecule has 0 saturated carbocycles. The second-order valence-electron chi connectivity index (χ2n) is 7.64. The molecule has 4 aromatic rings. The number of carbonyl (C=O) groups is 1. The molecule has 0 N–H and O–H groups in total. The molecule has 1 unspecified atom stereocenters. The molecule has 2 aromatic carbocycles. The van der Waals surface area contributed by atoms with Gasteiger partial charge in [0.2, 0.25) is 5.76 Å². The van der Waals surface area contributed by atoms with Gasteiger partial charge >= 0.3 is 0 Å². The quantitative estimate of drug-likeness (QED) is 0.431. The lowest BCUT2D eigenvalue weighted by Gasteiger charge is -2.23. The van der Waals surface area contributed by atoms with Crippen molar-refractivity contribution in [3.05, 3.63) is 79.9 Å². The molecular formula is C24H19FN2O5S. The van der Waals surface area contributed by atoms with Crippen LogP contribution >= 0.6 is 11.3 Å². The first-order valence-corrected chi connectivity index (χ1v) is 10.9. The molecule has 1 amide bonds. The zero-order chi connectivity index (χ0) is 23.4. The van der Waals surface area contributed by atoms with Crippen LogP contribution in [0.2, 0.25) is 0 Å². The van der Waals surface area contributed by atoms with Crippen molar-refractivity contribution in [1.29, 1.82) is 0 Å². The monoisotopic (exact) mass is 466 g/mol. The van der Waals surface area contributed by atoms with E-state index >= 15 is 0 Å². The first-order valence-electron chi connectivity index (χ1n) is 10.1. The molecule has 9 heteroatoms. The summed E-state index contributed by atoms with van der Waals surface area (Å²) in [5.41, 5.74) is 1.21. The normalized spacial score (nSPS) is 15.2. The maximum atomic E-state index is 13.9. The number of carbonyl (C=O) groups excluding carboxylic acids is 1. The van der Waals surface area contributed by atoms with E-state index in [0.29, 0.717) is 22.2 Å². The molecule has 0 fully saturated rings. The second kappa shape index (κ2) is 7.70. The molecule has 1 atom stereocenters. The van der Waals surface area contributed by atoms with E-state index in [0.717, 1.165) is 16.6 Å². The fourth-order valence-electron chi connectivity index (χ4n) is 4.04. The van der Waals surface area contributed by atoms with E-state index in [2.05, 4.69) is 4.98 Å². The van der Waals surface area contributed by atoms with Crippen LogP contribution in [-0.2, 0) is 0 Å². The molecule has 0 saturated heterocycles. The highest BCUT2D eigenvalue weighted by molar-refractivity contribution is 7.15. The number of rotatable bonds is 4. The van der Waals surface area contributed by atoms with Crippen molar-refractivity contribution < 1.29 is 23.1 Å². The van der Waals surface area contributed by atoms with E-state index in [1.807, 2.05) is 13.8 Å². The Bertz CT molecular complexity index is 1470. The summed E-state index contributed by atoms with van der Waals surface area (Å²) in [6, 6.07) is 8.00. The van der Waals surface area contributed by atoms with Crippen LogP contribution in [0.3, 0.4) is 0 Å². The molecule has 2 aromatic heterocycles. The summed E-state index contributed by atoms with van der Waals surface area (Å²) < 4.78 is 30.6. The first-order chi connectivity index (χ1) is 15.8. The third-order valence-electron chi connectivity index (χ3n) is 5.78. The molecule has 3 heterocycles. The van der Waals surface area contributed by atoms with Crippen LogP contribution in [0, 0.1) is 19.7 Å². The van der Waals surface area contributed by atoms with Crippen LogP contribution in [-0.4, -0.2) is 25.1 Å². The summed E-state index contributed by atoms with van der Waals surface area (Å²) in [5, 5.41) is 0.510. The molecule has 0 aliphatic carbocycles. The van der Waals surface area contributed by atoms with E-state index in [4.69, 9.17) is 13.9 Å². The molecule has 5 rings (SSSR count). The summed E-state index contributed by atoms with van der Waals surface area (Å²) in [4.78, 5) is 34.1. The minimum atomic E-state index is -0.832. The largest absolute Gasteiger partial charge is 0.493 e. The van der Waals surface area contributed by atoms with E-state index in [9.17, 15) is 14.0 Å². The minimum Gasteiger partial charge on any atom is -0.493 e. The van der Waals surface area contributed by atoms with E-state index in [1.54, 1.807) is 18.2 Å². The van der Waals surface area contributed by atoms with Crippen molar-refractivity contribution in [2.45, 2.75) is 19.9 Å². The Kier molecular flexibility index (Phi) is 4.93. The number of thiazole rings is 1. The van der Waals surface area contributed by atoms with Gasteiger partial charge in [0.25, 0.3) is 5.91 Å². The average Bonchev–Trinajstić information content (AvgIpc) is 3.29. The van der Waals surface area contributed by atoms with Crippen LogP contribution in [0.4, 0.5) is 9.52 Å². The topological polar surface area (TPSA) is 81.9 Å². The Morgan fingerprint density at radius 3 is 2.48 bits per heavy atom. The van der Waals surface area contributed by atoms with Crippen LogP contribution in [0.15, 0.2) is 45.6 Å². The summed E-state index contributed by atoms with van der Waals surface area (Å²) in [6.45, 7) is 3.77. The van der Waals surface area contributed by atoms with E-state index < -0.39 is 23.2 Å². The Labute approximate surface area is 192 Å². The van der Waals surface area contributed by atoms with Gasteiger partial charge in [0.1, 0.15) is 11.4 Å². The van der Waals surface area contributed by atoms with E-state index in [1.165, 1.54) is 42.6 Å². The zero-order valence-electron chi connectivity index (χ0n) is 18.3. The van der Waals surface area contributed by atoms with Crippen molar-refractivity contribution in [3.8, 4) is 11.5 Å². The third-order valence-corrected chi connectivity index (χ3v) is 6.85. The number of halogens is 1. The van der Waals surface area contributed by atoms with Crippen LogP contribution in [0.25, 0.3) is 11.0 Å². The van der Waals surface area contributed by atoms with Gasteiger partial charge in [-0.3, -0.25) is 14.5 Å². The van der Waals surface area contributed by atoms with Gasteiger partial charge in [0, 0.05) is 4.88 Å². The maximum absolute atomic E-state index is 13.9. The first kappa shape index (κ1) is 21.1. The Morgan fingerprint density at radius 1 is 1.06 bits per heavy atom. The number of methoxy groups -OCH3 is 2. The van der Waals surface area contributed by atoms with Crippen LogP contribution in [0.1, 0.15) is 38.3 Å². The standard InChI is InChI=1S/C24H19FN2O5S/c1-11-12(2)33-24(26-11)27-20(13-5-7-17(30-3)18(9-13)31-4)19-21(28)15-10-14(25)6-8-16(15)32-22(19)23(27)29/h5-10,20H,1-4H3. The fourth-order valence-corrected chi connectivity index (χ4v) is 4.98. The Balaban J connectivity index is 1.82. The highest BCUT2D eigenvalue weighted by Crippen LogP contribution is 2.44. The summed E-state index contributed by atoms with van der Waals surface area (Å²) >= 11 is 1.35. The van der Waals surface area contributed by atoms with Gasteiger partial charge in [-0.15, -0.1) is 11.3 Å². The molecule has 0 bridgehead atoms. The van der Waals surface area contributed by atoms with Gasteiger partial charge in [-0.1, -0.05) is 6.07 Å². The van der Waals surface area contributed by atoms with Crippen molar-refractivity contribution in [3.63, 3.8) is 0 Å². The molecular weight excluding hydrogens is 447 g/mol. The average molecular weight is 466 g/mol. The third kappa shape index (κ3) is 3.19. The SMILES string of the molecule is COc1ccc(C2c3c(oc4ccc(F)cc4c3=O)C(=O)N2c2nc(C)c(C)s2)cc1OC. The van der Waals surface area contributed by atoms with Gasteiger partial charge in [-0.25, -0.2) is 9.37 Å². The summed E-state index contributed by atoms with van der Waals surface area (Å²) in [7, 11) is 3.03. The molecule has 0 spiro atoms. The fraction of sp³-hybridized carbons (Fsp3) is 0.208. The van der Waals surface area contributed by atoms with Crippen molar-refractivity contribution >= 4 is 33.3 Å². The second-order valence-corrected chi connectivity index (χ2v) is 8.83. The minimum absolute atomic E-state index is 0.0698. The lowest BCUT2D eigenvalue weighted by atomic mass is 9.98. The molecule has 33 heavy (non-hydrogen) atoms. The maximum Gasteiger partial charge on any atom is 0.297 e. The molecule has 0 radical (unpaired) electrons.